The number of sulfonamides is 1. The zero-order valence-corrected chi connectivity index (χ0v) is 19.1. The maximum Gasteiger partial charge on any atom is 0.340 e. The molecule has 166 valence electrons. The standard InChI is InChI=1S/C22H25ClN2O5S/c1-3-24(4-2)21(26)15-30-22(27)18-14-17(11-12-19(18)23)31(28,29)25-13-7-9-16-8-5-6-10-20(16)25/h5-6,8,10-12,14H,3-4,7,9,13,15H2,1-2H3. The van der Waals surface area contributed by atoms with Crippen LogP contribution in [0, 0.1) is 0 Å². The number of likely N-dealkylation sites (N-methyl/N-ethyl adjacent to an activating group) is 1. The Morgan fingerprint density at radius 1 is 1.13 bits per heavy atom. The van der Waals surface area contributed by atoms with Crippen molar-refractivity contribution in [1.82, 2.24) is 4.90 Å². The van der Waals surface area contributed by atoms with E-state index in [-0.39, 0.29) is 21.4 Å². The molecule has 0 spiro atoms. The summed E-state index contributed by atoms with van der Waals surface area (Å²) in [4.78, 5) is 26.1. The van der Waals surface area contributed by atoms with Crippen LogP contribution in [-0.2, 0) is 26.0 Å². The van der Waals surface area contributed by atoms with E-state index in [0.717, 1.165) is 12.0 Å². The monoisotopic (exact) mass is 464 g/mol. The molecule has 2 aromatic carbocycles. The van der Waals surface area contributed by atoms with Crippen molar-refractivity contribution in [2.24, 2.45) is 0 Å². The van der Waals surface area contributed by atoms with Gasteiger partial charge in [-0.05, 0) is 56.5 Å². The Kier molecular flexibility index (Phi) is 7.23. The molecule has 0 fully saturated rings. The number of para-hydroxylation sites is 1. The topological polar surface area (TPSA) is 84.0 Å². The fraction of sp³-hybridized carbons (Fsp3) is 0.364. The third kappa shape index (κ3) is 4.85. The van der Waals surface area contributed by atoms with Crippen molar-refractivity contribution in [3.8, 4) is 0 Å². The van der Waals surface area contributed by atoms with Crippen molar-refractivity contribution in [2.45, 2.75) is 31.6 Å². The summed E-state index contributed by atoms with van der Waals surface area (Å²) >= 11 is 6.14. The minimum Gasteiger partial charge on any atom is -0.452 e. The van der Waals surface area contributed by atoms with Gasteiger partial charge in [0.05, 0.1) is 21.2 Å². The summed E-state index contributed by atoms with van der Waals surface area (Å²) < 4.78 is 33.1. The summed E-state index contributed by atoms with van der Waals surface area (Å²) in [6, 6.07) is 11.3. The molecule has 1 aliphatic heterocycles. The van der Waals surface area contributed by atoms with Gasteiger partial charge in [0.25, 0.3) is 15.9 Å². The Hall–Kier alpha value is -2.58. The smallest absolute Gasteiger partial charge is 0.340 e. The minimum absolute atomic E-state index is 0.0540. The SMILES string of the molecule is CCN(CC)C(=O)COC(=O)c1cc(S(=O)(=O)N2CCCc3ccccc32)ccc1Cl. The number of aryl methyl sites for hydroxylation is 1. The molecular formula is C22H25ClN2O5S. The minimum atomic E-state index is -3.91. The summed E-state index contributed by atoms with van der Waals surface area (Å²) in [5.41, 5.74) is 1.50. The highest BCUT2D eigenvalue weighted by atomic mass is 35.5. The number of rotatable bonds is 7. The van der Waals surface area contributed by atoms with Crippen molar-refractivity contribution >= 4 is 39.2 Å². The highest BCUT2D eigenvalue weighted by Crippen LogP contribution is 2.32. The normalized spacial score (nSPS) is 13.5. The van der Waals surface area contributed by atoms with E-state index in [2.05, 4.69) is 0 Å². The molecule has 0 saturated heterocycles. The van der Waals surface area contributed by atoms with Crippen LogP contribution in [0.25, 0.3) is 0 Å². The number of nitrogens with zero attached hydrogens (tertiary/aromatic N) is 2. The molecular weight excluding hydrogens is 440 g/mol. The molecule has 0 radical (unpaired) electrons. The third-order valence-corrected chi connectivity index (χ3v) is 7.40. The second kappa shape index (κ2) is 9.70. The van der Waals surface area contributed by atoms with Crippen molar-refractivity contribution in [2.75, 3.05) is 30.5 Å². The van der Waals surface area contributed by atoms with Crippen LogP contribution in [-0.4, -0.2) is 51.4 Å². The first-order valence-electron chi connectivity index (χ1n) is 10.1. The van der Waals surface area contributed by atoms with E-state index in [4.69, 9.17) is 16.3 Å². The van der Waals surface area contributed by atoms with Crippen molar-refractivity contribution in [3.63, 3.8) is 0 Å². The zero-order chi connectivity index (χ0) is 22.6. The molecule has 9 heteroatoms. The van der Waals surface area contributed by atoms with Crippen LogP contribution in [0.3, 0.4) is 0 Å². The fourth-order valence-corrected chi connectivity index (χ4v) is 5.33. The molecule has 0 aromatic heterocycles. The summed E-state index contributed by atoms with van der Waals surface area (Å²) in [6.07, 6.45) is 1.51. The van der Waals surface area contributed by atoms with Crippen molar-refractivity contribution in [1.29, 1.82) is 0 Å². The van der Waals surface area contributed by atoms with Crippen LogP contribution >= 0.6 is 11.6 Å². The van der Waals surface area contributed by atoms with Gasteiger partial charge in [0.1, 0.15) is 0 Å². The van der Waals surface area contributed by atoms with Gasteiger partial charge in [-0.2, -0.15) is 0 Å². The van der Waals surface area contributed by atoms with Gasteiger partial charge >= 0.3 is 5.97 Å². The maximum atomic E-state index is 13.3. The number of carbonyl (C=O) groups excluding carboxylic acids is 2. The lowest BCUT2D eigenvalue weighted by Gasteiger charge is -2.30. The second-order valence-corrected chi connectivity index (χ2v) is 9.36. The molecule has 0 aliphatic carbocycles. The Bertz CT molecular complexity index is 1080. The number of benzene rings is 2. The lowest BCUT2D eigenvalue weighted by molar-refractivity contribution is -0.134. The van der Waals surface area contributed by atoms with E-state index in [1.807, 2.05) is 26.0 Å². The molecule has 1 amide bonds. The van der Waals surface area contributed by atoms with E-state index < -0.39 is 22.6 Å². The molecule has 0 unspecified atom stereocenters. The Labute approximate surface area is 187 Å². The first kappa shape index (κ1) is 23.1. The number of fused-ring (bicyclic) bond motifs is 1. The average molecular weight is 465 g/mol. The molecule has 0 atom stereocenters. The van der Waals surface area contributed by atoms with Crippen LogP contribution in [0.15, 0.2) is 47.4 Å². The molecule has 1 aliphatic rings. The Balaban J connectivity index is 1.85. The van der Waals surface area contributed by atoms with E-state index in [9.17, 15) is 18.0 Å². The van der Waals surface area contributed by atoms with Gasteiger partial charge in [0.15, 0.2) is 6.61 Å². The van der Waals surface area contributed by atoms with Gasteiger partial charge in [-0.1, -0.05) is 29.8 Å². The van der Waals surface area contributed by atoms with E-state index in [1.54, 1.807) is 12.1 Å². The van der Waals surface area contributed by atoms with Gasteiger partial charge < -0.3 is 9.64 Å². The van der Waals surface area contributed by atoms with Crippen LogP contribution in [0.4, 0.5) is 5.69 Å². The number of esters is 1. The van der Waals surface area contributed by atoms with Gasteiger partial charge in [-0.25, -0.2) is 13.2 Å². The van der Waals surface area contributed by atoms with Gasteiger partial charge in [-0.15, -0.1) is 0 Å². The van der Waals surface area contributed by atoms with Crippen LogP contribution in [0.5, 0.6) is 0 Å². The molecule has 0 bridgehead atoms. The largest absolute Gasteiger partial charge is 0.452 e. The van der Waals surface area contributed by atoms with Gasteiger partial charge in [0, 0.05) is 19.6 Å². The highest BCUT2D eigenvalue weighted by Gasteiger charge is 2.30. The number of hydrogen-bond donors (Lipinski definition) is 0. The van der Waals surface area contributed by atoms with Crippen LogP contribution in [0.2, 0.25) is 5.02 Å². The molecule has 2 aromatic rings. The average Bonchev–Trinajstić information content (AvgIpc) is 2.78. The molecule has 0 N–H and O–H groups in total. The summed E-state index contributed by atoms with van der Waals surface area (Å²) in [6.45, 7) is 4.56. The van der Waals surface area contributed by atoms with Crippen molar-refractivity contribution < 1.29 is 22.7 Å². The highest BCUT2D eigenvalue weighted by molar-refractivity contribution is 7.92. The second-order valence-electron chi connectivity index (χ2n) is 7.09. The number of hydrogen-bond acceptors (Lipinski definition) is 5. The maximum absolute atomic E-state index is 13.3. The third-order valence-electron chi connectivity index (χ3n) is 5.26. The van der Waals surface area contributed by atoms with Gasteiger partial charge in [-0.3, -0.25) is 9.10 Å². The van der Waals surface area contributed by atoms with Crippen LogP contribution in [0.1, 0.15) is 36.2 Å². The predicted molar refractivity (Wildman–Crippen MR) is 119 cm³/mol. The molecule has 7 nitrogen and oxygen atoms in total. The number of anilines is 1. The number of ether oxygens (including phenoxy) is 1. The Morgan fingerprint density at radius 3 is 2.55 bits per heavy atom. The predicted octanol–water partition coefficient (Wildman–Crippen LogP) is 3.51. The Morgan fingerprint density at radius 2 is 1.84 bits per heavy atom. The lowest BCUT2D eigenvalue weighted by Crippen LogP contribution is -2.35. The van der Waals surface area contributed by atoms with Crippen molar-refractivity contribution in [3.05, 3.63) is 58.6 Å². The summed E-state index contributed by atoms with van der Waals surface area (Å²) in [5, 5.41) is 0.0540. The molecule has 1 heterocycles. The van der Waals surface area contributed by atoms with E-state index in [1.165, 1.54) is 27.4 Å². The number of carbonyl (C=O) groups is 2. The first-order valence-corrected chi connectivity index (χ1v) is 12.0. The zero-order valence-electron chi connectivity index (χ0n) is 17.5. The number of amides is 1. The molecule has 31 heavy (non-hydrogen) atoms. The van der Waals surface area contributed by atoms with E-state index in [0.29, 0.717) is 31.7 Å². The number of halogens is 1. The summed E-state index contributed by atoms with van der Waals surface area (Å²) in [7, 11) is -3.91. The lowest BCUT2D eigenvalue weighted by atomic mass is 10.0. The molecule has 0 saturated carbocycles. The first-order chi connectivity index (χ1) is 14.8. The van der Waals surface area contributed by atoms with Gasteiger partial charge in [0.2, 0.25) is 0 Å². The summed E-state index contributed by atoms with van der Waals surface area (Å²) in [5.74, 6) is -1.18. The van der Waals surface area contributed by atoms with E-state index >= 15 is 0 Å². The quantitative estimate of drug-likeness (QED) is 0.585. The van der Waals surface area contributed by atoms with Crippen LogP contribution < -0.4 is 4.31 Å². The molecule has 3 rings (SSSR count). The fourth-order valence-electron chi connectivity index (χ4n) is 3.57.